The minimum Gasteiger partial charge on any atom is -0.444 e. The smallest absolute Gasteiger partial charge is 0.416 e. The highest BCUT2D eigenvalue weighted by molar-refractivity contribution is 8.00. The standard InChI is InChI=1S/C15H17ClF3NO2S/c1-14(2,3)22-13(21)20-7-10(8-20)23-12-5-4-9(6-11(12)16)15(17,18)19/h4-6,10H,7-8H2,1-3H3. The number of carbonyl (C=O) groups is 1. The largest absolute Gasteiger partial charge is 0.444 e. The first kappa shape index (κ1) is 18.3. The molecule has 1 aliphatic heterocycles. The molecule has 0 bridgehead atoms. The number of amides is 1. The van der Waals surface area contributed by atoms with E-state index >= 15 is 0 Å². The van der Waals surface area contributed by atoms with Crippen molar-refractivity contribution < 1.29 is 22.7 Å². The van der Waals surface area contributed by atoms with E-state index in [9.17, 15) is 18.0 Å². The molecule has 0 unspecified atom stereocenters. The number of likely N-dealkylation sites (tertiary alicyclic amines) is 1. The summed E-state index contributed by atoms with van der Waals surface area (Å²) in [5, 5.41) is 0.164. The Bertz CT molecular complexity index is 595. The Morgan fingerprint density at radius 1 is 1.30 bits per heavy atom. The highest BCUT2D eigenvalue weighted by Crippen LogP contribution is 2.38. The van der Waals surface area contributed by atoms with Crippen LogP contribution in [0.4, 0.5) is 18.0 Å². The molecule has 23 heavy (non-hydrogen) atoms. The molecule has 0 radical (unpaired) electrons. The molecule has 0 saturated carbocycles. The van der Waals surface area contributed by atoms with Gasteiger partial charge in [0.2, 0.25) is 0 Å². The molecule has 1 aliphatic rings. The van der Waals surface area contributed by atoms with Gasteiger partial charge in [-0.05, 0) is 39.0 Å². The van der Waals surface area contributed by atoms with E-state index in [1.807, 2.05) is 0 Å². The van der Waals surface area contributed by atoms with Crippen molar-refractivity contribution in [1.29, 1.82) is 0 Å². The average molecular weight is 368 g/mol. The molecule has 0 spiro atoms. The van der Waals surface area contributed by atoms with E-state index in [-0.39, 0.29) is 16.4 Å². The van der Waals surface area contributed by atoms with Gasteiger partial charge < -0.3 is 9.64 Å². The van der Waals surface area contributed by atoms with E-state index in [1.165, 1.54) is 17.8 Å². The molecular formula is C15H17ClF3NO2S. The van der Waals surface area contributed by atoms with Gasteiger partial charge in [-0.2, -0.15) is 13.2 Å². The van der Waals surface area contributed by atoms with Gasteiger partial charge >= 0.3 is 12.3 Å². The molecule has 128 valence electrons. The number of ether oxygens (including phenoxy) is 1. The van der Waals surface area contributed by atoms with Crippen LogP contribution in [0.25, 0.3) is 0 Å². The highest BCUT2D eigenvalue weighted by Gasteiger charge is 2.35. The number of benzene rings is 1. The first-order valence-electron chi connectivity index (χ1n) is 6.97. The lowest BCUT2D eigenvalue weighted by Gasteiger charge is -2.39. The van der Waals surface area contributed by atoms with Crippen LogP contribution in [0.2, 0.25) is 5.02 Å². The molecule has 1 aromatic carbocycles. The maximum absolute atomic E-state index is 12.6. The highest BCUT2D eigenvalue weighted by atomic mass is 35.5. The molecule has 1 heterocycles. The fraction of sp³-hybridized carbons (Fsp3) is 0.533. The Hall–Kier alpha value is -1.08. The zero-order chi connectivity index (χ0) is 17.4. The molecule has 1 amide bonds. The van der Waals surface area contributed by atoms with Crippen LogP contribution in [-0.4, -0.2) is 34.9 Å². The van der Waals surface area contributed by atoms with E-state index in [2.05, 4.69) is 0 Å². The first-order valence-corrected chi connectivity index (χ1v) is 8.23. The second-order valence-corrected chi connectivity index (χ2v) is 8.02. The topological polar surface area (TPSA) is 29.5 Å². The lowest BCUT2D eigenvalue weighted by Crippen LogP contribution is -2.53. The summed E-state index contributed by atoms with van der Waals surface area (Å²) in [7, 11) is 0. The van der Waals surface area contributed by atoms with Crippen LogP contribution < -0.4 is 0 Å². The predicted molar refractivity (Wildman–Crippen MR) is 83.9 cm³/mol. The summed E-state index contributed by atoms with van der Waals surface area (Å²) in [6.07, 6.45) is -4.79. The normalized spacial score (nSPS) is 16.2. The van der Waals surface area contributed by atoms with Gasteiger partial charge in [0, 0.05) is 23.2 Å². The zero-order valence-corrected chi connectivity index (χ0v) is 14.5. The minimum absolute atomic E-state index is 0.0699. The van der Waals surface area contributed by atoms with Crippen LogP contribution in [0, 0.1) is 0 Å². The van der Waals surface area contributed by atoms with Gasteiger partial charge in [-0.1, -0.05) is 11.6 Å². The Morgan fingerprint density at radius 3 is 2.39 bits per heavy atom. The Kier molecular flexibility index (Phi) is 5.11. The predicted octanol–water partition coefficient (Wildman–Crippen LogP) is 5.07. The lowest BCUT2D eigenvalue weighted by atomic mass is 10.2. The van der Waals surface area contributed by atoms with Gasteiger partial charge in [0.25, 0.3) is 0 Å². The summed E-state index contributed by atoms with van der Waals surface area (Å²) in [5.74, 6) is 0. The molecule has 1 aromatic rings. The quantitative estimate of drug-likeness (QED) is 0.730. The Morgan fingerprint density at radius 2 is 1.91 bits per heavy atom. The van der Waals surface area contributed by atoms with Gasteiger partial charge in [0.15, 0.2) is 0 Å². The molecule has 1 fully saturated rings. The Balaban J connectivity index is 1.90. The number of carbonyl (C=O) groups excluding carboxylic acids is 1. The third kappa shape index (κ3) is 4.94. The van der Waals surface area contributed by atoms with E-state index in [1.54, 1.807) is 25.7 Å². The van der Waals surface area contributed by atoms with E-state index in [4.69, 9.17) is 16.3 Å². The number of rotatable bonds is 2. The van der Waals surface area contributed by atoms with Gasteiger partial charge in [-0.25, -0.2) is 4.79 Å². The SMILES string of the molecule is CC(C)(C)OC(=O)N1CC(Sc2ccc(C(F)(F)F)cc2Cl)C1. The van der Waals surface area contributed by atoms with Crippen LogP contribution in [-0.2, 0) is 10.9 Å². The number of alkyl halides is 3. The summed E-state index contributed by atoms with van der Waals surface area (Å²) in [4.78, 5) is 13.9. The van der Waals surface area contributed by atoms with E-state index in [0.717, 1.165) is 12.1 Å². The van der Waals surface area contributed by atoms with Crippen molar-refractivity contribution in [3.05, 3.63) is 28.8 Å². The number of halogens is 4. The van der Waals surface area contributed by atoms with Crippen LogP contribution in [0.15, 0.2) is 23.1 Å². The summed E-state index contributed by atoms with van der Waals surface area (Å²) in [6, 6.07) is 3.30. The summed E-state index contributed by atoms with van der Waals surface area (Å²) < 4.78 is 43.0. The fourth-order valence-electron chi connectivity index (χ4n) is 1.94. The third-order valence-corrected chi connectivity index (χ3v) is 4.72. The van der Waals surface area contributed by atoms with Gasteiger partial charge in [-0.15, -0.1) is 11.8 Å². The molecule has 3 nitrogen and oxygen atoms in total. The molecule has 2 rings (SSSR count). The van der Waals surface area contributed by atoms with Crippen molar-refractivity contribution in [2.45, 2.75) is 42.7 Å². The summed E-state index contributed by atoms with van der Waals surface area (Å²) in [5.41, 5.74) is -1.32. The zero-order valence-electron chi connectivity index (χ0n) is 12.9. The van der Waals surface area contributed by atoms with Gasteiger partial charge in [0.05, 0.1) is 10.6 Å². The average Bonchev–Trinajstić information content (AvgIpc) is 2.30. The monoisotopic (exact) mass is 367 g/mol. The van der Waals surface area contributed by atoms with E-state index in [0.29, 0.717) is 18.0 Å². The fourth-order valence-corrected chi connectivity index (χ4v) is 3.44. The molecule has 0 aromatic heterocycles. The van der Waals surface area contributed by atoms with Crippen molar-refractivity contribution in [3.8, 4) is 0 Å². The van der Waals surface area contributed by atoms with Crippen LogP contribution in [0.3, 0.4) is 0 Å². The summed E-state index contributed by atoms with van der Waals surface area (Å²) in [6.45, 7) is 6.34. The maximum atomic E-state index is 12.6. The molecular weight excluding hydrogens is 351 g/mol. The number of thioether (sulfide) groups is 1. The van der Waals surface area contributed by atoms with Crippen LogP contribution >= 0.6 is 23.4 Å². The van der Waals surface area contributed by atoms with E-state index < -0.39 is 17.3 Å². The second kappa shape index (κ2) is 6.43. The van der Waals surface area contributed by atoms with Gasteiger partial charge in [-0.3, -0.25) is 0 Å². The van der Waals surface area contributed by atoms with Crippen molar-refractivity contribution >= 4 is 29.5 Å². The molecule has 0 atom stereocenters. The molecule has 0 aliphatic carbocycles. The van der Waals surface area contributed by atoms with Crippen molar-refractivity contribution in [1.82, 2.24) is 4.90 Å². The Labute approximate surface area is 142 Å². The van der Waals surface area contributed by atoms with Crippen LogP contribution in [0.5, 0.6) is 0 Å². The number of nitrogens with zero attached hydrogens (tertiary/aromatic N) is 1. The van der Waals surface area contributed by atoms with Crippen molar-refractivity contribution in [3.63, 3.8) is 0 Å². The lowest BCUT2D eigenvalue weighted by molar-refractivity contribution is -0.137. The summed E-state index contributed by atoms with van der Waals surface area (Å²) >= 11 is 7.29. The van der Waals surface area contributed by atoms with Crippen molar-refractivity contribution in [2.75, 3.05) is 13.1 Å². The molecule has 8 heteroatoms. The second-order valence-electron chi connectivity index (χ2n) is 6.27. The molecule has 1 saturated heterocycles. The maximum Gasteiger partial charge on any atom is 0.416 e. The number of hydrogen-bond donors (Lipinski definition) is 0. The third-order valence-electron chi connectivity index (χ3n) is 3.05. The van der Waals surface area contributed by atoms with Crippen molar-refractivity contribution in [2.24, 2.45) is 0 Å². The first-order chi connectivity index (χ1) is 10.5. The van der Waals surface area contributed by atoms with Crippen LogP contribution in [0.1, 0.15) is 26.3 Å². The van der Waals surface area contributed by atoms with Gasteiger partial charge in [0.1, 0.15) is 5.60 Å². The molecule has 0 N–H and O–H groups in total. The minimum atomic E-state index is -4.41. The number of hydrogen-bond acceptors (Lipinski definition) is 3.